The Balaban J connectivity index is 1.61. The molecule has 4 aromatic rings. The second-order valence-electron chi connectivity index (χ2n) is 6.35. The molecule has 0 N–H and O–H groups in total. The molecule has 0 atom stereocenters. The van der Waals surface area contributed by atoms with E-state index in [1.165, 1.54) is 10.8 Å². The quantitative estimate of drug-likeness (QED) is 0.336. The predicted octanol–water partition coefficient (Wildman–Crippen LogP) is 6.03. The second-order valence-corrected chi connectivity index (χ2v) is 6.35. The van der Waals surface area contributed by atoms with E-state index in [9.17, 15) is 4.79 Å². The van der Waals surface area contributed by atoms with Crippen molar-refractivity contribution in [3.8, 4) is 16.9 Å². The maximum absolute atomic E-state index is 12.3. The Morgan fingerprint density at radius 3 is 2.23 bits per heavy atom. The molecule has 0 aromatic heterocycles. The van der Waals surface area contributed by atoms with Crippen molar-refractivity contribution in [2.45, 2.75) is 6.92 Å². The summed E-state index contributed by atoms with van der Waals surface area (Å²) < 4.78 is 5.55. The van der Waals surface area contributed by atoms with Crippen LogP contribution in [0.15, 0.2) is 91.0 Å². The van der Waals surface area contributed by atoms with E-state index in [2.05, 4.69) is 30.3 Å². The standard InChI is InChI=1S/C24H18O2/c1-17-9-11-19(12-10-17)24(25)26-23-8-4-7-21(16-23)22-14-13-18-5-2-3-6-20(18)15-22/h2-16H,1H3. The van der Waals surface area contributed by atoms with Crippen LogP contribution in [-0.4, -0.2) is 5.97 Å². The second kappa shape index (κ2) is 6.85. The van der Waals surface area contributed by atoms with Crippen LogP contribution in [0.3, 0.4) is 0 Å². The Bertz CT molecular complexity index is 1080. The molecule has 0 radical (unpaired) electrons. The van der Waals surface area contributed by atoms with Gasteiger partial charge in [-0.25, -0.2) is 4.79 Å². The van der Waals surface area contributed by atoms with Crippen molar-refractivity contribution in [3.63, 3.8) is 0 Å². The summed E-state index contributed by atoms with van der Waals surface area (Å²) in [4.78, 5) is 12.3. The summed E-state index contributed by atoms with van der Waals surface area (Å²) in [7, 11) is 0. The molecule has 0 fully saturated rings. The molecule has 0 aliphatic rings. The van der Waals surface area contributed by atoms with E-state index in [0.717, 1.165) is 16.7 Å². The highest BCUT2D eigenvalue weighted by atomic mass is 16.5. The number of rotatable bonds is 3. The van der Waals surface area contributed by atoms with Gasteiger partial charge in [0.2, 0.25) is 0 Å². The summed E-state index contributed by atoms with van der Waals surface area (Å²) in [5.74, 6) is 0.196. The fraction of sp³-hybridized carbons (Fsp3) is 0.0417. The largest absolute Gasteiger partial charge is 0.423 e. The maximum Gasteiger partial charge on any atom is 0.343 e. The zero-order chi connectivity index (χ0) is 17.9. The Morgan fingerprint density at radius 2 is 1.42 bits per heavy atom. The molecule has 0 heterocycles. The van der Waals surface area contributed by atoms with Crippen molar-refractivity contribution in [2.75, 3.05) is 0 Å². The van der Waals surface area contributed by atoms with E-state index in [1.807, 2.05) is 49.4 Å². The lowest BCUT2D eigenvalue weighted by atomic mass is 10.0. The SMILES string of the molecule is Cc1ccc(C(=O)Oc2cccc(-c3ccc4ccccc4c3)c2)cc1. The predicted molar refractivity (Wildman–Crippen MR) is 106 cm³/mol. The van der Waals surface area contributed by atoms with E-state index < -0.39 is 0 Å². The topological polar surface area (TPSA) is 26.3 Å². The van der Waals surface area contributed by atoms with Crippen molar-refractivity contribution in [1.82, 2.24) is 0 Å². The monoisotopic (exact) mass is 338 g/mol. The normalized spacial score (nSPS) is 10.7. The first-order valence-corrected chi connectivity index (χ1v) is 8.57. The zero-order valence-corrected chi connectivity index (χ0v) is 14.5. The highest BCUT2D eigenvalue weighted by molar-refractivity contribution is 5.91. The number of aryl methyl sites for hydroxylation is 1. The minimum Gasteiger partial charge on any atom is -0.423 e. The van der Waals surface area contributed by atoms with Crippen LogP contribution in [0.5, 0.6) is 5.75 Å². The van der Waals surface area contributed by atoms with E-state index in [1.54, 1.807) is 18.2 Å². The summed E-state index contributed by atoms with van der Waals surface area (Å²) in [6.45, 7) is 1.99. The molecular weight excluding hydrogens is 320 g/mol. The van der Waals surface area contributed by atoms with Gasteiger partial charge in [-0.2, -0.15) is 0 Å². The molecule has 0 spiro atoms. The van der Waals surface area contributed by atoms with E-state index in [-0.39, 0.29) is 5.97 Å². The third kappa shape index (κ3) is 3.35. The maximum atomic E-state index is 12.3. The first-order chi connectivity index (χ1) is 12.7. The molecular formula is C24H18O2. The van der Waals surface area contributed by atoms with Crippen molar-refractivity contribution in [1.29, 1.82) is 0 Å². The first kappa shape index (κ1) is 16.1. The van der Waals surface area contributed by atoms with Gasteiger partial charge < -0.3 is 4.74 Å². The van der Waals surface area contributed by atoms with Crippen LogP contribution in [0.1, 0.15) is 15.9 Å². The van der Waals surface area contributed by atoms with Crippen molar-refractivity contribution >= 4 is 16.7 Å². The van der Waals surface area contributed by atoms with Crippen LogP contribution in [0.25, 0.3) is 21.9 Å². The van der Waals surface area contributed by atoms with E-state index in [4.69, 9.17) is 4.74 Å². The molecule has 126 valence electrons. The summed E-state index contributed by atoms with van der Waals surface area (Å²) in [5.41, 5.74) is 3.77. The van der Waals surface area contributed by atoms with Crippen molar-refractivity contribution < 1.29 is 9.53 Å². The molecule has 2 nitrogen and oxygen atoms in total. The van der Waals surface area contributed by atoms with Gasteiger partial charge in [0.25, 0.3) is 0 Å². The highest BCUT2D eigenvalue weighted by Crippen LogP contribution is 2.27. The van der Waals surface area contributed by atoms with Gasteiger partial charge in [0, 0.05) is 0 Å². The zero-order valence-electron chi connectivity index (χ0n) is 14.5. The van der Waals surface area contributed by atoms with Gasteiger partial charge in [-0.05, 0) is 59.2 Å². The number of carbonyl (C=O) groups is 1. The molecule has 0 saturated heterocycles. The lowest BCUT2D eigenvalue weighted by molar-refractivity contribution is 0.0735. The molecule has 0 amide bonds. The molecule has 2 heteroatoms. The molecule has 0 aliphatic carbocycles. The van der Waals surface area contributed by atoms with Gasteiger partial charge in [-0.3, -0.25) is 0 Å². The van der Waals surface area contributed by atoms with Crippen molar-refractivity contribution in [2.24, 2.45) is 0 Å². The van der Waals surface area contributed by atoms with Gasteiger partial charge >= 0.3 is 5.97 Å². The van der Waals surface area contributed by atoms with Crippen LogP contribution in [0.2, 0.25) is 0 Å². The molecule has 0 unspecified atom stereocenters. The summed E-state index contributed by atoms with van der Waals surface area (Å²) in [5, 5.41) is 2.39. The number of hydrogen-bond donors (Lipinski definition) is 0. The van der Waals surface area contributed by atoms with Crippen molar-refractivity contribution in [3.05, 3.63) is 102 Å². The number of esters is 1. The van der Waals surface area contributed by atoms with Gasteiger partial charge in [0.15, 0.2) is 0 Å². The summed E-state index contributed by atoms with van der Waals surface area (Å²) in [6.07, 6.45) is 0. The number of ether oxygens (including phenoxy) is 1. The molecule has 26 heavy (non-hydrogen) atoms. The van der Waals surface area contributed by atoms with Gasteiger partial charge in [0.05, 0.1) is 5.56 Å². The molecule has 0 saturated carbocycles. The van der Waals surface area contributed by atoms with Gasteiger partial charge in [-0.1, -0.05) is 66.2 Å². The number of benzene rings is 4. The Morgan fingerprint density at radius 1 is 0.692 bits per heavy atom. The lowest BCUT2D eigenvalue weighted by Crippen LogP contribution is -2.08. The Hall–Kier alpha value is -3.39. The average molecular weight is 338 g/mol. The Kier molecular flexibility index (Phi) is 4.24. The van der Waals surface area contributed by atoms with Crippen LogP contribution >= 0.6 is 0 Å². The fourth-order valence-electron chi connectivity index (χ4n) is 2.96. The van der Waals surface area contributed by atoms with E-state index in [0.29, 0.717) is 11.3 Å². The molecule has 0 aliphatic heterocycles. The number of carbonyl (C=O) groups excluding carboxylic acids is 1. The van der Waals surface area contributed by atoms with Gasteiger partial charge in [-0.15, -0.1) is 0 Å². The Labute approximate surface area is 152 Å². The van der Waals surface area contributed by atoms with E-state index >= 15 is 0 Å². The third-order valence-electron chi connectivity index (χ3n) is 4.41. The number of hydrogen-bond acceptors (Lipinski definition) is 2. The van der Waals surface area contributed by atoms with Crippen LogP contribution in [0, 0.1) is 6.92 Å². The summed E-state index contributed by atoms with van der Waals surface area (Å²) >= 11 is 0. The van der Waals surface area contributed by atoms with Crippen LogP contribution < -0.4 is 4.74 Å². The average Bonchev–Trinajstić information content (AvgIpc) is 2.68. The van der Waals surface area contributed by atoms with Crippen LogP contribution in [-0.2, 0) is 0 Å². The highest BCUT2D eigenvalue weighted by Gasteiger charge is 2.09. The lowest BCUT2D eigenvalue weighted by Gasteiger charge is -2.08. The van der Waals surface area contributed by atoms with Gasteiger partial charge in [0.1, 0.15) is 5.75 Å². The smallest absolute Gasteiger partial charge is 0.343 e. The molecule has 4 aromatic carbocycles. The first-order valence-electron chi connectivity index (χ1n) is 8.57. The molecule has 4 rings (SSSR count). The minimum absolute atomic E-state index is 0.347. The van der Waals surface area contributed by atoms with Crippen LogP contribution in [0.4, 0.5) is 0 Å². The third-order valence-corrected chi connectivity index (χ3v) is 4.41. The molecule has 0 bridgehead atoms. The summed E-state index contributed by atoms with van der Waals surface area (Å²) in [6, 6.07) is 29.6. The minimum atomic E-state index is -0.347. The number of fused-ring (bicyclic) bond motifs is 1. The fourth-order valence-corrected chi connectivity index (χ4v) is 2.96.